The first-order chi connectivity index (χ1) is 13.3. The van der Waals surface area contributed by atoms with Crippen LogP contribution >= 0.6 is 0 Å². The fraction of sp³-hybridized carbons (Fsp3) is 0.211. The molecular weight excluding hydrogens is 387 g/mol. The number of hydrogen-bond donors (Lipinski definition) is 1. The number of carbonyl (C=O) groups excluding carboxylic acids is 3. The van der Waals surface area contributed by atoms with Crippen molar-refractivity contribution in [2.45, 2.75) is 30.3 Å². The normalized spacial score (nSPS) is 19.5. The minimum absolute atomic E-state index is 0.169. The van der Waals surface area contributed by atoms with Crippen LogP contribution < -0.4 is 5.32 Å². The average molecular weight is 402 g/mol. The third kappa shape index (κ3) is 3.07. The minimum Gasteiger partial charge on any atom is -0.322 e. The van der Waals surface area contributed by atoms with Crippen LogP contribution in [-0.2, 0) is 26.4 Å². The van der Waals surface area contributed by atoms with E-state index in [0.717, 1.165) is 0 Å². The van der Waals surface area contributed by atoms with E-state index in [9.17, 15) is 26.7 Å². The summed E-state index contributed by atoms with van der Waals surface area (Å²) in [5, 5.41) is 2.26. The summed E-state index contributed by atoms with van der Waals surface area (Å²) >= 11 is 0. The zero-order valence-corrected chi connectivity index (χ0v) is 15.3. The molecule has 0 aromatic heterocycles. The molecule has 2 aliphatic rings. The van der Waals surface area contributed by atoms with Crippen LogP contribution in [0.15, 0.2) is 47.4 Å². The molecule has 1 fully saturated rings. The third-order valence-electron chi connectivity index (χ3n) is 5.03. The Balaban J connectivity index is 1.68. The number of piperidine rings is 1. The van der Waals surface area contributed by atoms with E-state index in [0.29, 0.717) is 22.3 Å². The second-order valence-electron chi connectivity index (χ2n) is 6.69. The Bertz CT molecular complexity index is 1110. The monoisotopic (exact) mass is 402 g/mol. The fourth-order valence-corrected chi connectivity index (χ4v) is 4.11. The molecule has 4 rings (SSSR count). The molecule has 0 aliphatic carbocycles. The van der Waals surface area contributed by atoms with E-state index in [-0.39, 0.29) is 31.2 Å². The van der Waals surface area contributed by atoms with Crippen molar-refractivity contribution < 1.29 is 26.7 Å². The number of amides is 3. The van der Waals surface area contributed by atoms with Gasteiger partial charge in [0.05, 0.1) is 4.90 Å². The Morgan fingerprint density at radius 1 is 1.00 bits per heavy atom. The standard InChI is InChI=1S/C19H15FN2O5S/c20-28(26,27)12-6-4-11(5-7-12)13-2-1-3-14-15(13)10-22(19(14)25)16-8-9-17(23)21-18(16)24/h1-7,16H,8-10H2,(H,21,23,24). The maximum atomic E-state index is 13.1. The van der Waals surface area contributed by atoms with Crippen molar-refractivity contribution in [3.8, 4) is 11.1 Å². The summed E-state index contributed by atoms with van der Waals surface area (Å²) in [5.74, 6) is -1.14. The highest BCUT2D eigenvalue weighted by Crippen LogP contribution is 2.35. The molecule has 1 atom stereocenters. The van der Waals surface area contributed by atoms with Crippen molar-refractivity contribution in [3.63, 3.8) is 0 Å². The number of nitrogens with one attached hydrogen (secondary N) is 1. The van der Waals surface area contributed by atoms with E-state index in [4.69, 9.17) is 0 Å². The molecule has 2 aliphatic heterocycles. The highest BCUT2D eigenvalue weighted by Gasteiger charge is 2.39. The molecule has 0 saturated carbocycles. The lowest BCUT2D eigenvalue weighted by molar-refractivity contribution is -0.136. The summed E-state index contributed by atoms with van der Waals surface area (Å²) < 4.78 is 35.1. The Hall–Kier alpha value is -3.07. The number of hydrogen-bond acceptors (Lipinski definition) is 5. The van der Waals surface area contributed by atoms with E-state index in [1.165, 1.54) is 29.2 Å². The van der Waals surface area contributed by atoms with Crippen molar-refractivity contribution in [2.75, 3.05) is 0 Å². The van der Waals surface area contributed by atoms with E-state index in [1.54, 1.807) is 18.2 Å². The van der Waals surface area contributed by atoms with Crippen LogP contribution in [0.5, 0.6) is 0 Å². The predicted octanol–water partition coefficient (Wildman–Crippen LogP) is 1.77. The van der Waals surface area contributed by atoms with Crippen LogP contribution in [0.2, 0.25) is 0 Å². The van der Waals surface area contributed by atoms with Gasteiger partial charge in [0.15, 0.2) is 0 Å². The highest BCUT2D eigenvalue weighted by molar-refractivity contribution is 7.86. The molecule has 0 spiro atoms. The van der Waals surface area contributed by atoms with Gasteiger partial charge in [0.2, 0.25) is 11.8 Å². The molecule has 0 radical (unpaired) electrons. The second-order valence-corrected chi connectivity index (χ2v) is 8.04. The Kier molecular flexibility index (Phi) is 4.26. The molecule has 2 aromatic rings. The zero-order valence-electron chi connectivity index (χ0n) is 14.5. The Labute approximate surface area is 160 Å². The number of nitrogens with zero attached hydrogens (tertiary/aromatic N) is 1. The SMILES string of the molecule is O=C1CCC(N2Cc3c(cccc3-c3ccc(S(=O)(=O)F)cc3)C2=O)C(=O)N1. The van der Waals surface area contributed by atoms with Gasteiger partial charge in [-0.1, -0.05) is 24.3 Å². The molecule has 9 heteroatoms. The number of fused-ring (bicyclic) bond motifs is 1. The second kappa shape index (κ2) is 6.52. The topological polar surface area (TPSA) is 101 Å². The van der Waals surface area contributed by atoms with Crippen LogP contribution in [0.4, 0.5) is 3.89 Å². The maximum absolute atomic E-state index is 13.1. The minimum atomic E-state index is -4.79. The number of carbonyl (C=O) groups is 3. The van der Waals surface area contributed by atoms with E-state index >= 15 is 0 Å². The number of benzene rings is 2. The van der Waals surface area contributed by atoms with Gasteiger partial charge in [0, 0.05) is 18.5 Å². The maximum Gasteiger partial charge on any atom is 0.332 e. The molecule has 0 bridgehead atoms. The average Bonchev–Trinajstić information content (AvgIpc) is 2.98. The van der Waals surface area contributed by atoms with Gasteiger partial charge in [-0.25, -0.2) is 0 Å². The van der Waals surface area contributed by atoms with Crippen LogP contribution in [0.1, 0.15) is 28.8 Å². The molecule has 2 aromatic carbocycles. The van der Waals surface area contributed by atoms with Crippen molar-refractivity contribution in [3.05, 3.63) is 53.6 Å². The smallest absolute Gasteiger partial charge is 0.322 e. The highest BCUT2D eigenvalue weighted by atomic mass is 32.3. The molecule has 1 unspecified atom stereocenters. The molecule has 7 nitrogen and oxygen atoms in total. The third-order valence-corrected chi connectivity index (χ3v) is 5.86. The van der Waals surface area contributed by atoms with Gasteiger partial charge in [-0.15, -0.1) is 3.89 Å². The van der Waals surface area contributed by atoms with Crippen LogP contribution in [-0.4, -0.2) is 37.1 Å². The summed E-state index contributed by atoms with van der Waals surface area (Å²) in [4.78, 5) is 37.3. The fourth-order valence-electron chi connectivity index (χ4n) is 3.65. The molecule has 1 saturated heterocycles. The molecule has 1 N–H and O–H groups in total. The van der Waals surface area contributed by atoms with Gasteiger partial charge >= 0.3 is 10.2 Å². The number of imide groups is 1. The summed E-state index contributed by atoms with van der Waals surface area (Å²) in [6.07, 6.45) is 0.436. The molecule has 3 amide bonds. The van der Waals surface area contributed by atoms with Crippen molar-refractivity contribution in [1.29, 1.82) is 0 Å². The van der Waals surface area contributed by atoms with Gasteiger partial charge < -0.3 is 4.90 Å². The summed E-state index contributed by atoms with van der Waals surface area (Å²) in [5.41, 5.74) is 2.48. The van der Waals surface area contributed by atoms with Gasteiger partial charge in [0.25, 0.3) is 5.91 Å². The molecular formula is C19H15FN2O5S. The number of halogens is 1. The number of rotatable bonds is 3. The van der Waals surface area contributed by atoms with Gasteiger partial charge in [-0.2, -0.15) is 8.42 Å². The van der Waals surface area contributed by atoms with E-state index in [2.05, 4.69) is 5.32 Å². The lowest BCUT2D eigenvalue weighted by Gasteiger charge is -2.29. The summed E-state index contributed by atoms with van der Waals surface area (Å²) in [7, 11) is -4.79. The van der Waals surface area contributed by atoms with E-state index < -0.39 is 27.1 Å². The quantitative estimate of drug-likeness (QED) is 0.623. The van der Waals surface area contributed by atoms with Gasteiger partial charge in [0.1, 0.15) is 6.04 Å². The first kappa shape index (κ1) is 18.3. The predicted molar refractivity (Wildman–Crippen MR) is 96.2 cm³/mol. The van der Waals surface area contributed by atoms with E-state index in [1.807, 2.05) is 0 Å². The van der Waals surface area contributed by atoms with Crippen LogP contribution in [0, 0.1) is 0 Å². The van der Waals surface area contributed by atoms with Crippen LogP contribution in [0.3, 0.4) is 0 Å². The molecule has 28 heavy (non-hydrogen) atoms. The summed E-state index contributed by atoms with van der Waals surface area (Å²) in [6.45, 7) is 0.194. The lowest BCUT2D eigenvalue weighted by Crippen LogP contribution is -2.52. The largest absolute Gasteiger partial charge is 0.332 e. The van der Waals surface area contributed by atoms with Crippen LogP contribution in [0.25, 0.3) is 11.1 Å². The Morgan fingerprint density at radius 2 is 1.68 bits per heavy atom. The van der Waals surface area contributed by atoms with Crippen molar-refractivity contribution >= 4 is 27.9 Å². The summed E-state index contributed by atoms with van der Waals surface area (Å²) in [6, 6.07) is 9.69. The van der Waals surface area contributed by atoms with Crippen molar-refractivity contribution in [2.24, 2.45) is 0 Å². The molecule has 144 valence electrons. The zero-order chi connectivity index (χ0) is 20.1. The lowest BCUT2D eigenvalue weighted by atomic mass is 9.97. The van der Waals surface area contributed by atoms with Gasteiger partial charge in [-0.3, -0.25) is 19.7 Å². The first-order valence-electron chi connectivity index (χ1n) is 8.57. The Morgan fingerprint density at radius 3 is 2.32 bits per heavy atom. The molecule has 2 heterocycles. The first-order valence-corrected chi connectivity index (χ1v) is 9.96. The van der Waals surface area contributed by atoms with Crippen molar-refractivity contribution in [1.82, 2.24) is 10.2 Å². The van der Waals surface area contributed by atoms with Gasteiger partial charge in [-0.05, 0) is 41.3 Å².